The van der Waals surface area contributed by atoms with E-state index in [-0.39, 0.29) is 24.2 Å². The van der Waals surface area contributed by atoms with E-state index in [1.807, 2.05) is 13.0 Å². The summed E-state index contributed by atoms with van der Waals surface area (Å²) >= 11 is 11.9. The molecule has 0 heterocycles. The maximum absolute atomic E-state index is 12.3. The molecule has 118 valence electrons. The molecule has 21 heavy (non-hydrogen) atoms. The van der Waals surface area contributed by atoms with Gasteiger partial charge in [0.25, 0.3) is 0 Å². The van der Waals surface area contributed by atoms with Crippen molar-refractivity contribution in [3.8, 4) is 0 Å². The Morgan fingerprint density at radius 1 is 1.43 bits per heavy atom. The summed E-state index contributed by atoms with van der Waals surface area (Å²) in [5, 5.41) is 4.09. The van der Waals surface area contributed by atoms with Crippen molar-refractivity contribution in [3.05, 3.63) is 33.8 Å². The molecule has 1 aliphatic carbocycles. The molecule has 3 nitrogen and oxygen atoms in total. The number of nitrogens with two attached hydrogens (primary N) is 1. The van der Waals surface area contributed by atoms with Crippen LogP contribution in [-0.4, -0.2) is 11.4 Å². The normalized spacial score (nSPS) is 25.0. The molecule has 1 saturated carbocycles. The highest BCUT2D eigenvalue weighted by Crippen LogP contribution is 2.31. The van der Waals surface area contributed by atoms with Crippen LogP contribution in [-0.2, 0) is 11.3 Å². The molecule has 0 spiro atoms. The minimum Gasteiger partial charge on any atom is -0.352 e. The van der Waals surface area contributed by atoms with Gasteiger partial charge in [-0.15, -0.1) is 12.4 Å². The van der Waals surface area contributed by atoms with Crippen LogP contribution >= 0.6 is 35.6 Å². The van der Waals surface area contributed by atoms with Crippen molar-refractivity contribution in [2.75, 3.05) is 0 Å². The predicted molar refractivity (Wildman–Crippen MR) is 90.1 cm³/mol. The fourth-order valence-corrected chi connectivity index (χ4v) is 3.23. The van der Waals surface area contributed by atoms with Gasteiger partial charge in [-0.2, -0.15) is 0 Å². The lowest BCUT2D eigenvalue weighted by Gasteiger charge is -2.37. The van der Waals surface area contributed by atoms with E-state index in [4.69, 9.17) is 28.9 Å². The molecule has 1 aromatic rings. The first-order chi connectivity index (χ1) is 9.40. The molecule has 0 saturated heterocycles. The van der Waals surface area contributed by atoms with Gasteiger partial charge in [0.1, 0.15) is 0 Å². The van der Waals surface area contributed by atoms with Crippen LogP contribution < -0.4 is 11.1 Å². The molecule has 1 aliphatic rings. The zero-order valence-electron chi connectivity index (χ0n) is 12.0. The Bertz CT molecular complexity index is 506. The van der Waals surface area contributed by atoms with Gasteiger partial charge >= 0.3 is 0 Å². The highest BCUT2D eigenvalue weighted by atomic mass is 35.5. The van der Waals surface area contributed by atoms with E-state index in [2.05, 4.69) is 5.32 Å². The second-order valence-corrected chi connectivity index (χ2v) is 6.60. The van der Waals surface area contributed by atoms with E-state index >= 15 is 0 Å². The first-order valence-corrected chi connectivity index (χ1v) is 7.66. The van der Waals surface area contributed by atoms with E-state index in [0.29, 0.717) is 16.6 Å². The van der Waals surface area contributed by atoms with E-state index in [0.717, 1.165) is 31.2 Å². The van der Waals surface area contributed by atoms with Gasteiger partial charge in [0, 0.05) is 22.1 Å². The zero-order chi connectivity index (χ0) is 14.8. The molecule has 0 aromatic heterocycles. The van der Waals surface area contributed by atoms with Crippen LogP contribution in [0.3, 0.4) is 0 Å². The monoisotopic (exact) mass is 350 g/mol. The lowest BCUT2D eigenvalue weighted by Crippen LogP contribution is -2.52. The molecule has 2 rings (SSSR count). The summed E-state index contributed by atoms with van der Waals surface area (Å²) in [6.07, 6.45) is 3.91. The molecule has 0 aliphatic heterocycles. The van der Waals surface area contributed by atoms with E-state index in [9.17, 15) is 4.79 Å². The summed E-state index contributed by atoms with van der Waals surface area (Å²) in [5.74, 6) is -0.108. The van der Waals surface area contributed by atoms with Gasteiger partial charge in [-0.1, -0.05) is 42.1 Å². The van der Waals surface area contributed by atoms with Gasteiger partial charge in [-0.3, -0.25) is 4.79 Å². The topological polar surface area (TPSA) is 55.1 Å². The van der Waals surface area contributed by atoms with Gasteiger partial charge in [0.2, 0.25) is 5.91 Å². The highest BCUT2D eigenvalue weighted by molar-refractivity contribution is 6.35. The average Bonchev–Trinajstić information content (AvgIpc) is 2.37. The van der Waals surface area contributed by atoms with Crippen LogP contribution in [0.15, 0.2) is 18.2 Å². The van der Waals surface area contributed by atoms with Crippen molar-refractivity contribution in [2.45, 2.75) is 44.7 Å². The van der Waals surface area contributed by atoms with E-state index in [1.54, 1.807) is 12.1 Å². The lowest BCUT2D eigenvalue weighted by atomic mass is 9.74. The summed E-state index contributed by atoms with van der Waals surface area (Å²) in [6.45, 7) is 2.37. The van der Waals surface area contributed by atoms with Crippen molar-refractivity contribution < 1.29 is 4.79 Å². The van der Waals surface area contributed by atoms with Crippen molar-refractivity contribution in [1.82, 2.24) is 5.32 Å². The highest BCUT2D eigenvalue weighted by Gasteiger charge is 2.37. The van der Waals surface area contributed by atoms with Crippen molar-refractivity contribution in [3.63, 3.8) is 0 Å². The number of rotatable bonds is 3. The van der Waals surface area contributed by atoms with Gasteiger partial charge in [0.15, 0.2) is 0 Å². The van der Waals surface area contributed by atoms with Crippen LogP contribution in [0.25, 0.3) is 0 Å². The van der Waals surface area contributed by atoms with Crippen LogP contribution in [0, 0.1) is 5.92 Å². The Kier molecular flexibility index (Phi) is 6.79. The molecule has 1 aromatic carbocycles. The average molecular weight is 352 g/mol. The number of nitrogens with one attached hydrogen (secondary N) is 1. The molecule has 2 atom stereocenters. The van der Waals surface area contributed by atoms with Gasteiger partial charge in [-0.25, -0.2) is 0 Å². The minimum absolute atomic E-state index is 0. The van der Waals surface area contributed by atoms with Crippen LogP contribution in [0.1, 0.15) is 38.2 Å². The van der Waals surface area contributed by atoms with E-state index < -0.39 is 5.54 Å². The standard InChI is InChI=1S/C15H20Cl2N2O.ClH/c1-15(18)7-3-2-4-12(15)14(20)19-9-10-5-6-11(16)8-13(10)17;/h5-6,8,12H,2-4,7,9,18H2,1H3,(H,19,20);1H. The Morgan fingerprint density at radius 2 is 2.14 bits per heavy atom. The molecular weight excluding hydrogens is 331 g/mol. The number of carbonyl (C=O) groups is 1. The van der Waals surface area contributed by atoms with Crippen molar-refractivity contribution in [1.29, 1.82) is 0 Å². The maximum atomic E-state index is 12.3. The lowest BCUT2D eigenvalue weighted by molar-refractivity contribution is -0.128. The molecule has 0 radical (unpaired) electrons. The Labute approximate surface area is 142 Å². The molecule has 3 N–H and O–H groups in total. The quantitative estimate of drug-likeness (QED) is 0.866. The van der Waals surface area contributed by atoms with Gasteiger partial charge < -0.3 is 11.1 Å². The van der Waals surface area contributed by atoms with Gasteiger partial charge in [-0.05, 0) is 37.5 Å². The van der Waals surface area contributed by atoms with Crippen LogP contribution in [0.4, 0.5) is 0 Å². The summed E-state index contributed by atoms with van der Waals surface area (Å²) in [6, 6.07) is 5.27. The predicted octanol–water partition coefficient (Wildman–Crippen LogP) is 3.94. The smallest absolute Gasteiger partial charge is 0.225 e. The second-order valence-electron chi connectivity index (χ2n) is 5.76. The molecule has 2 unspecified atom stereocenters. The van der Waals surface area contributed by atoms with Crippen molar-refractivity contribution >= 4 is 41.5 Å². The Morgan fingerprint density at radius 3 is 2.76 bits per heavy atom. The molecule has 0 bridgehead atoms. The third-order valence-corrected chi connectivity index (χ3v) is 4.63. The first kappa shape index (κ1) is 18.6. The fourth-order valence-electron chi connectivity index (χ4n) is 2.76. The fraction of sp³-hybridized carbons (Fsp3) is 0.533. The summed E-state index contributed by atoms with van der Waals surface area (Å²) in [5.41, 5.74) is 6.69. The SMILES string of the molecule is CC1(N)CCCCC1C(=O)NCc1ccc(Cl)cc1Cl.Cl. The summed E-state index contributed by atoms with van der Waals surface area (Å²) < 4.78 is 0. The summed E-state index contributed by atoms with van der Waals surface area (Å²) in [4.78, 5) is 12.3. The third-order valence-electron chi connectivity index (χ3n) is 4.04. The molecule has 6 heteroatoms. The van der Waals surface area contributed by atoms with Crippen molar-refractivity contribution in [2.24, 2.45) is 11.7 Å². The number of benzene rings is 1. The number of hydrogen-bond donors (Lipinski definition) is 2. The van der Waals surface area contributed by atoms with Gasteiger partial charge in [0.05, 0.1) is 5.92 Å². The largest absolute Gasteiger partial charge is 0.352 e. The minimum atomic E-state index is -0.411. The third kappa shape index (κ3) is 4.75. The first-order valence-electron chi connectivity index (χ1n) is 6.91. The Hall–Kier alpha value is -0.480. The molecular formula is C15H21Cl3N2O. The molecule has 1 amide bonds. The van der Waals surface area contributed by atoms with E-state index in [1.165, 1.54) is 0 Å². The summed E-state index contributed by atoms with van der Waals surface area (Å²) in [7, 11) is 0. The number of carbonyl (C=O) groups excluding carboxylic acids is 1. The molecule has 1 fully saturated rings. The number of halogens is 3. The van der Waals surface area contributed by atoms with Crippen LogP contribution in [0.5, 0.6) is 0 Å². The zero-order valence-corrected chi connectivity index (χ0v) is 14.3. The Balaban J connectivity index is 0.00000220. The number of hydrogen-bond acceptors (Lipinski definition) is 2. The second kappa shape index (κ2) is 7.68. The van der Waals surface area contributed by atoms with Crippen LogP contribution in [0.2, 0.25) is 10.0 Å². The maximum Gasteiger partial charge on any atom is 0.225 e. The number of amides is 1.